The minimum absolute atomic E-state index is 0.346. The first kappa shape index (κ1) is 17.9. The molecule has 0 saturated heterocycles. The topological polar surface area (TPSA) is 34.1 Å². The third-order valence-electron chi connectivity index (χ3n) is 3.78. The van der Waals surface area contributed by atoms with Crippen molar-refractivity contribution in [1.29, 1.82) is 0 Å². The number of hydrogen-bond acceptors (Lipinski definition) is 2. The number of rotatable bonds is 4. The minimum Gasteiger partial charge on any atom is -0.297 e. The molecule has 0 amide bonds. The summed E-state index contributed by atoms with van der Waals surface area (Å²) in [5.41, 5.74) is 0.243. The van der Waals surface area contributed by atoms with Crippen LogP contribution in [-0.4, -0.2) is 22.3 Å². The fourth-order valence-corrected chi connectivity index (χ4v) is 2.88. The van der Waals surface area contributed by atoms with Crippen molar-refractivity contribution in [2.24, 2.45) is 11.3 Å². The van der Waals surface area contributed by atoms with E-state index in [9.17, 15) is 9.59 Å². The summed E-state index contributed by atoms with van der Waals surface area (Å²) in [5.74, 6) is -1.69. The highest BCUT2D eigenvalue weighted by Gasteiger charge is 2.53. The van der Waals surface area contributed by atoms with Gasteiger partial charge >= 0.3 is 0 Å². The van der Waals surface area contributed by atoms with Gasteiger partial charge in [-0.05, 0) is 18.1 Å². The Morgan fingerprint density at radius 2 is 1.67 bits per heavy atom. The van der Waals surface area contributed by atoms with E-state index < -0.39 is 22.1 Å². The van der Waals surface area contributed by atoms with Gasteiger partial charge < -0.3 is 0 Å². The first-order valence-corrected chi connectivity index (χ1v) is 7.57. The van der Waals surface area contributed by atoms with Crippen molar-refractivity contribution in [2.45, 2.75) is 31.5 Å². The van der Waals surface area contributed by atoms with Crippen LogP contribution in [0.15, 0.2) is 48.6 Å². The van der Waals surface area contributed by atoms with Crippen molar-refractivity contribution in [1.82, 2.24) is 0 Å². The van der Waals surface area contributed by atoms with Crippen molar-refractivity contribution in [3.05, 3.63) is 48.6 Å². The zero-order valence-electron chi connectivity index (χ0n) is 12.5. The molecule has 1 saturated carbocycles. The molecule has 1 rings (SSSR count). The molecule has 0 radical (unpaired) electrons. The fourth-order valence-electron chi connectivity index (χ4n) is 2.31. The number of halogens is 2. The molecule has 114 valence electrons. The zero-order valence-corrected chi connectivity index (χ0v) is 14.0. The Bertz CT molecular complexity index is 517. The molecule has 1 aliphatic carbocycles. The number of allylic oxidation sites excluding steroid dienone is 6. The van der Waals surface area contributed by atoms with Crippen molar-refractivity contribution in [2.75, 3.05) is 0 Å². The molecule has 0 aromatic carbocycles. The molecule has 0 heterocycles. The molecule has 0 aromatic heterocycles. The van der Waals surface area contributed by atoms with E-state index in [-0.39, 0.29) is 11.6 Å². The molecular weight excluding hydrogens is 307 g/mol. The van der Waals surface area contributed by atoms with Gasteiger partial charge in [0.2, 0.25) is 0 Å². The molecule has 0 bridgehead atoms. The molecule has 2 unspecified atom stereocenters. The molecule has 2 nitrogen and oxygen atoms in total. The van der Waals surface area contributed by atoms with Gasteiger partial charge in [0.25, 0.3) is 0 Å². The van der Waals surface area contributed by atoms with Crippen molar-refractivity contribution < 1.29 is 9.59 Å². The van der Waals surface area contributed by atoms with Gasteiger partial charge in [-0.15, -0.1) is 23.2 Å². The Morgan fingerprint density at radius 1 is 1.19 bits per heavy atom. The molecular formula is C17H20Cl2O2. The van der Waals surface area contributed by atoms with Crippen LogP contribution in [0.25, 0.3) is 0 Å². The summed E-state index contributed by atoms with van der Waals surface area (Å²) in [6, 6.07) is 0. The maximum atomic E-state index is 12.5. The standard InChI is InChI=1S/C17H20Cl2O2/c1-6-8-9-11(7-2)10(3)12-13(20)15(18)17(4,5)16(19)14(12)21/h6-9,12,15-16H,2-3H2,1,4-5H3/b8-6-,11-9+. The monoisotopic (exact) mass is 326 g/mol. The van der Waals surface area contributed by atoms with Crippen LogP contribution in [0.1, 0.15) is 20.8 Å². The van der Waals surface area contributed by atoms with Gasteiger partial charge in [-0.2, -0.15) is 0 Å². The lowest BCUT2D eigenvalue weighted by molar-refractivity contribution is -0.136. The van der Waals surface area contributed by atoms with Crippen LogP contribution >= 0.6 is 23.2 Å². The predicted octanol–water partition coefficient (Wildman–Crippen LogP) is 4.24. The summed E-state index contributed by atoms with van der Waals surface area (Å²) in [7, 11) is 0. The third-order valence-corrected chi connectivity index (χ3v) is 5.34. The molecule has 0 aliphatic heterocycles. The lowest BCUT2D eigenvalue weighted by Gasteiger charge is -2.40. The third kappa shape index (κ3) is 3.22. The van der Waals surface area contributed by atoms with Crippen molar-refractivity contribution in [3.63, 3.8) is 0 Å². The molecule has 4 heteroatoms. The summed E-state index contributed by atoms with van der Waals surface area (Å²) >= 11 is 12.4. The number of alkyl halides is 2. The van der Waals surface area contributed by atoms with E-state index >= 15 is 0 Å². The average molecular weight is 327 g/mol. The molecule has 1 fully saturated rings. The van der Waals surface area contributed by atoms with Crippen molar-refractivity contribution in [3.8, 4) is 0 Å². The van der Waals surface area contributed by atoms with E-state index in [0.29, 0.717) is 11.1 Å². The van der Waals surface area contributed by atoms with E-state index in [0.717, 1.165) is 0 Å². The Balaban J connectivity index is 3.24. The summed E-state index contributed by atoms with van der Waals surface area (Å²) in [6.07, 6.45) is 6.94. The van der Waals surface area contributed by atoms with E-state index in [2.05, 4.69) is 13.2 Å². The Labute approximate surface area is 136 Å². The average Bonchev–Trinajstić information content (AvgIpc) is 2.44. The highest BCUT2D eigenvalue weighted by molar-refractivity contribution is 6.42. The van der Waals surface area contributed by atoms with E-state index in [1.807, 2.05) is 13.0 Å². The van der Waals surface area contributed by atoms with Crippen LogP contribution in [0.4, 0.5) is 0 Å². The highest BCUT2D eigenvalue weighted by atomic mass is 35.5. The van der Waals surface area contributed by atoms with Crippen LogP contribution in [-0.2, 0) is 9.59 Å². The second-order valence-electron chi connectivity index (χ2n) is 5.66. The molecule has 0 spiro atoms. The second kappa shape index (κ2) is 6.76. The van der Waals surface area contributed by atoms with Crippen LogP contribution in [0.3, 0.4) is 0 Å². The van der Waals surface area contributed by atoms with E-state index in [4.69, 9.17) is 23.2 Å². The molecule has 2 atom stereocenters. The number of carbonyl (C=O) groups excluding carboxylic acids is 2. The molecule has 21 heavy (non-hydrogen) atoms. The van der Waals surface area contributed by atoms with Gasteiger partial charge in [-0.3, -0.25) is 9.59 Å². The second-order valence-corrected chi connectivity index (χ2v) is 6.53. The van der Waals surface area contributed by atoms with Gasteiger partial charge in [0.1, 0.15) is 16.7 Å². The summed E-state index contributed by atoms with van der Waals surface area (Å²) in [4.78, 5) is 25.0. The van der Waals surface area contributed by atoms with E-state index in [1.54, 1.807) is 32.1 Å². The Morgan fingerprint density at radius 3 is 2.05 bits per heavy atom. The smallest absolute Gasteiger partial charge is 0.166 e. The number of hydrogen-bond donors (Lipinski definition) is 0. The molecule has 0 aromatic rings. The van der Waals surface area contributed by atoms with Gasteiger partial charge in [0, 0.05) is 5.41 Å². The SMILES string of the molecule is C=C/C(=C\C=C/C)C(=C)C1C(=O)C(Cl)C(C)(C)C(Cl)C1=O. The van der Waals surface area contributed by atoms with Crippen LogP contribution < -0.4 is 0 Å². The maximum absolute atomic E-state index is 12.5. The van der Waals surface area contributed by atoms with Gasteiger partial charge in [0.05, 0.1) is 0 Å². The van der Waals surface area contributed by atoms with Crippen LogP contribution in [0.5, 0.6) is 0 Å². The lowest BCUT2D eigenvalue weighted by atomic mass is 9.68. The first-order chi connectivity index (χ1) is 9.69. The fraction of sp³-hybridized carbons (Fsp3) is 0.412. The zero-order chi connectivity index (χ0) is 16.4. The summed E-state index contributed by atoms with van der Waals surface area (Å²) < 4.78 is 0. The normalized spacial score (nSPS) is 29.8. The highest BCUT2D eigenvalue weighted by Crippen LogP contribution is 2.43. The van der Waals surface area contributed by atoms with Crippen LogP contribution in [0.2, 0.25) is 0 Å². The Kier molecular flexibility index (Phi) is 5.77. The van der Waals surface area contributed by atoms with Gasteiger partial charge in [0.15, 0.2) is 11.6 Å². The number of carbonyl (C=O) groups is 2. The number of Topliss-reactive ketones (excluding diaryl/α,β-unsaturated/α-hetero) is 2. The summed E-state index contributed by atoms with van der Waals surface area (Å²) in [5, 5.41) is -1.65. The van der Waals surface area contributed by atoms with Gasteiger partial charge in [-0.1, -0.05) is 51.3 Å². The minimum atomic E-state index is -1.00. The predicted molar refractivity (Wildman–Crippen MR) is 88.8 cm³/mol. The van der Waals surface area contributed by atoms with Gasteiger partial charge in [-0.25, -0.2) is 0 Å². The first-order valence-electron chi connectivity index (χ1n) is 6.70. The molecule has 1 aliphatic rings. The Hall–Kier alpha value is -1.12. The quantitative estimate of drug-likeness (QED) is 0.440. The largest absolute Gasteiger partial charge is 0.297 e. The van der Waals surface area contributed by atoms with Crippen molar-refractivity contribution >= 4 is 34.8 Å². The maximum Gasteiger partial charge on any atom is 0.166 e. The lowest BCUT2D eigenvalue weighted by Crippen LogP contribution is -2.54. The van der Waals surface area contributed by atoms with E-state index in [1.165, 1.54) is 0 Å². The summed E-state index contributed by atoms with van der Waals surface area (Å²) in [6.45, 7) is 12.9. The number of ketones is 2. The molecule has 0 N–H and O–H groups in total. The van der Waals surface area contributed by atoms with Crippen LogP contribution in [0, 0.1) is 11.3 Å².